The highest BCUT2D eigenvalue weighted by molar-refractivity contribution is 5.65. The topological polar surface area (TPSA) is 41.3 Å². The van der Waals surface area contributed by atoms with Crippen LogP contribution in [0.3, 0.4) is 0 Å². The van der Waals surface area contributed by atoms with Gasteiger partial charge in [-0.1, -0.05) is 13.0 Å². The fourth-order valence-electron chi connectivity index (χ4n) is 2.78. The zero-order valence-electron chi connectivity index (χ0n) is 12.3. The van der Waals surface area contributed by atoms with Crippen LogP contribution in [0, 0.1) is 5.92 Å². The Morgan fingerprint density at radius 1 is 1.45 bits per heavy atom. The van der Waals surface area contributed by atoms with Crippen LogP contribution in [0.4, 0.5) is 0 Å². The van der Waals surface area contributed by atoms with Crippen LogP contribution in [-0.2, 0) is 6.54 Å². The molecule has 1 saturated carbocycles. The van der Waals surface area contributed by atoms with E-state index < -0.39 is 0 Å². The van der Waals surface area contributed by atoms with E-state index >= 15 is 0 Å². The molecule has 110 valence electrons. The van der Waals surface area contributed by atoms with Crippen molar-refractivity contribution in [1.82, 2.24) is 14.7 Å². The molecule has 1 atom stereocenters. The van der Waals surface area contributed by atoms with Gasteiger partial charge < -0.3 is 5.11 Å². The Labute approximate surface area is 121 Å². The van der Waals surface area contributed by atoms with Gasteiger partial charge in [-0.3, -0.25) is 9.58 Å². The van der Waals surface area contributed by atoms with Crippen LogP contribution in [0.2, 0.25) is 0 Å². The van der Waals surface area contributed by atoms with Crippen LogP contribution in [0.5, 0.6) is 0 Å². The van der Waals surface area contributed by atoms with Crippen molar-refractivity contribution in [2.75, 3.05) is 19.6 Å². The largest absolute Gasteiger partial charge is 0.391 e. The number of hydrogen-bond donors (Lipinski definition) is 1. The van der Waals surface area contributed by atoms with Gasteiger partial charge in [0, 0.05) is 31.4 Å². The average Bonchev–Trinajstić information content (AvgIpc) is 3.16. The maximum atomic E-state index is 9.67. The van der Waals surface area contributed by atoms with Gasteiger partial charge in [-0.05, 0) is 37.2 Å². The predicted molar refractivity (Wildman–Crippen MR) is 80.3 cm³/mol. The molecule has 0 saturated heterocycles. The van der Waals surface area contributed by atoms with Gasteiger partial charge in [0.15, 0.2) is 0 Å². The lowest BCUT2D eigenvalue weighted by atomic mass is 10.0. The Morgan fingerprint density at radius 2 is 2.30 bits per heavy atom. The minimum Gasteiger partial charge on any atom is -0.391 e. The summed E-state index contributed by atoms with van der Waals surface area (Å²) in [5.74, 6) is 0.975. The van der Waals surface area contributed by atoms with Gasteiger partial charge in [0.25, 0.3) is 0 Å². The lowest BCUT2D eigenvalue weighted by molar-refractivity contribution is 0.145. The molecule has 0 bridgehead atoms. The van der Waals surface area contributed by atoms with E-state index in [-0.39, 0.29) is 6.10 Å². The molecule has 0 spiro atoms. The van der Waals surface area contributed by atoms with E-state index in [0.29, 0.717) is 6.54 Å². The Balaban J connectivity index is 1.57. The van der Waals surface area contributed by atoms with Crippen LogP contribution in [0.15, 0.2) is 18.5 Å². The zero-order valence-corrected chi connectivity index (χ0v) is 12.3. The van der Waals surface area contributed by atoms with E-state index in [1.807, 2.05) is 17.8 Å². The van der Waals surface area contributed by atoms with E-state index in [0.717, 1.165) is 25.3 Å². The summed E-state index contributed by atoms with van der Waals surface area (Å²) in [6.07, 6.45) is 10.8. The van der Waals surface area contributed by atoms with Gasteiger partial charge in [-0.2, -0.15) is 5.10 Å². The fraction of sp³-hybridized carbons (Fsp3) is 0.688. The first-order chi connectivity index (χ1) is 9.74. The fourth-order valence-corrected chi connectivity index (χ4v) is 2.78. The van der Waals surface area contributed by atoms with Crippen molar-refractivity contribution in [3.05, 3.63) is 24.0 Å². The molecule has 1 aliphatic carbocycles. The Kier molecular flexibility index (Phi) is 4.22. The normalized spacial score (nSPS) is 21.8. The summed E-state index contributed by atoms with van der Waals surface area (Å²) in [5.41, 5.74) is 2.63. The summed E-state index contributed by atoms with van der Waals surface area (Å²) in [7, 11) is 0. The molecular formula is C16H25N3O. The summed E-state index contributed by atoms with van der Waals surface area (Å²) in [4.78, 5) is 2.56. The van der Waals surface area contributed by atoms with E-state index in [1.165, 1.54) is 37.1 Å². The third-order valence-corrected chi connectivity index (χ3v) is 4.38. The van der Waals surface area contributed by atoms with E-state index in [9.17, 15) is 5.11 Å². The second-order valence-electron chi connectivity index (χ2n) is 6.20. The van der Waals surface area contributed by atoms with Crippen molar-refractivity contribution in [3.63, 3.8) is 0 Å². The zero-order chi connectivity index (χ0) is 13.9. The van der Waals surface area contributed by atoms with Gasteiger partial charge in [0.05, 0.1) is 18.8 Å². The quantitative estimate of drug-likeness (QED) is 0.865. The first-order valence-corrected chi connectivity index (χ1v) is 7.87. The van der Waals surface area contributed by atoms with Crippen molar-refractivity contribution < 1.29 is 5.11 Å². The Bertz CT molecular complexity index is 476. The molecule has 2 aliphatic rings. The summed E-state index contributed by atoms with van der Waals surface area (Å²) in [6.45, 7) is 6.12. The van der Waals surface area contributed by atoms with Crippen molar-refractivity contribution in [3.8, 4) is 0 Å². The first kappa shape index (κ1) is 13.8. The predicted octanol–water partition coefficient (Wildman–Crippen LogP) is 2.15. The molecule has 0 unspecified atom stereocenters. The first-order valence-electron chi connectivity index (χ1n) is 7.87. The van der Waals surface area contributed by atoms with Crippen LogP contribution in [-0.4, -0.2) is 45.5 Å². The molecule has 4 nitrogen and oxygen atoms in total. The van der Waals surface area contributed by atoms with Gasteiger partial charge in [0.2, 0.25) is 0 Å². The molecule has 0 amide bonds. The molecule has 1 N–H and O–H groups in total. The minimum atomic E-state index is -0.294. The molecule has 20 heavy (non-hydrogen) atoms. The van der Waals surface area contributed by atoms with Crippen molar-refractivity contribution in [1.29, 1.82) is 0 Å². The van der Waals surface area contributed by atoms with Gasteiger partial charge in [-0.15, -0.1) is 0 Å². The molecule has 1 fully saturated rings. The molecular weight excluding hydrogens is 250 g/mol. The standard InChI is InChI=1S/C16H25N3O/c1-2-16(20)12-19-11-15(9-17-19)14-5-7-18(8-6-14)10-13-3-4-13/h5,9,11,13,16,20H,2-4,6-8,10,12H2,1H3/t16-/m1/s1. The van der Waals surface area contributed by atoms with Crippen LogP contribution in [0.1, 0.15) is 38.2 Å². The van der Waals surface area contributed by atoms with Crippen molar-refractivity contribution >= 4 is 5.57 Å². The SMILES string of the molecule is CC[C@@H](O)Cn1cc(C2=CCN(CC3CC3)CC2)cn1. The van der Waals surface area contributed by atoms with Crippen LogP contribution >= 0.6 is 0 Å². The van der Waals surface area contributed by atoms with Gasteiger partial charge in [0.1, 0.15) is 0 Å². The molecule has 0 aromatic carbocycles. The number of nitrogens with zero attached hydrogens (tertiary/aromatic N) is 3. The van der Waals surface area contributed by atoms with Gasteiger partial charge >= 0.3 is 0 Å². The van der Waals surface area contributed by atoms with E-state index in [4.69, 9.17) is 0 Å². The average molecular weight is 275 g/mol. The Hall–Kier alpha value is -1.13. The number of aliphatic hydroxyl groups excluding tert-OH is 1. The highest BCUT2D eigenvalue weighted by Crippen LogP contribution is 2.31. The number of rotatable bonds is 6. The van der Waals surface area contributed by atoms with Crippen molar-refractivity contribution in [2.24, 2.45) is 5.92 Å². The van der Waals surface area contributed by atoms with E-state index in [2.05, 4.69) is 22.3 Å². The molecule has 3 rings (SSSR count). The molecule has 4 heteroatoms. The second kappa shape index (κ2) is 6.10. The Morgan fingerprint density at radius 3 is 2.95 bits per heavy atom. The van der Waals surface area contributed by atoms with Crippen LogP contribution in [0.25, 0.3) is 5.57 Å². The molecule has 0 radical (unpaired) electrons. The second-order valence-corrected chi connectivity index (χ2v) is 6.20. The van der Waals surface area contributed by atoms with Crippen LogP contribution < -0.4 is 0 Å². The highest BCUT2D eigenvalue weighted by Gasteiger charge is 2.25. The molecule has 1 aromatic heterocycles. The van der Waals surface area contributed by atoms with Gasteiger partial charge in [-0.25, -0.2) is 0 Å². The van der Waals surface area contributed by atoms with E-state index in [1.54, 1.807) is 0 Å². The van der Waals surface area contributed by atoms with Crippen molar-refractivity contribution in [2.45, 2.75) is 45.3 Å². The molecule has 1 aromatic rings. The summed E-state index contributed by atoms with van der Waals surface area (Å²) in [6, 6.07) is 0. The maximum Gasteiger partial charge on any atom is 0.0733 e. The number of aliphatic hydroxyl groups is 1. The maximum absolute atomic E-state index is 9.67. The summed E-state index contributed by atoms with van der Waals surface area (Å²) < 4.78 is 1.86. The summed E-state index contributed by atoms with van der Waals surface area (Å²) >= 11 is 0. The third-order valence-electron chi connectivity index (χ3n) is 4.38. The third kappa shape index (κ3) is 3.49. The molecule has 1 aliphatic heterocycles. The number of aromatic nitrogens is 2. The summed E-state index contributed by atoms with van der Waals surface area (Å²) in [5, 5.41) is 14.0. The highest BCUT2D eigenvalue weighted by atomic mass is 16.3. The minimum absolute atomic E-state index is 0.294. The molecule has 2 heterocycles. The lowest BCUT2D eigenvalue weighted by Gasteiger charge is -2.25. The lowest BCUT2D eigenvalue weighted by Crippen LogP contribution is -2.30. The smallest absolute Gasteiger partial charge is 0.0733 e. The monoisotopic (exact) mass is 275 g/mol. The number of hydrogen-bond acceptors (Lipinski definition) is 3.